The van der Waals surface area contributed by atoms with E-state index in [2.05, 4.69) is 99.0 Å². The molecular weight excluding hydrogens is 833 g/mol. The van der Waals surface area contributed by atoms with Crippen molar-refractivity contribution < 1.29 is 33.8 Å². The van der Waals surface area contributed by atoms with Gasteiger partial charge < -0.3 is 29.5 Å². The maximum atomic E-state index is 14.7. The van der Waals surface area contributed by atoms with Crippen LogP contribution in [0.5, 0.6) is 5.75 Å². The van der Waals surface area contributed by atoms with Crippen LogP contribution in [0.1, 0.15) is 96.8 Å². The molecule has 0 radical (unpaired) electrons. The molecule has 4 amide bonds. The van der Waals surface area contributed by atoms with Gasteiger partial charge in [-0.3, -0.25) is 29.0 Å². The topological polar surface area (TPSA) is 154 Å². The van der Waals surface area contributed by atoms with Gasteiger partial charge in [0.15, 0.2) is 0 Å². The molecule has 3 aromatic carbocycles. The molecule has 4 aromatic rings. The molecule has 13 heteroatoms. The maximum absolute atomic E-state index is 14.7. The minimum atomic E-state index is -1.15. The molecule has 2 fully saturated rings. The lowest BCUT2D eigenvalue weighted by molar-refractivity contribution is -0.155. The van der Waals surface area contributed by atoms with Crippen molar-refractivity contribution in [3.05, 3.63) is 90.0 Å². The van der Waals surface area contributed by atoms with Gasteiger partial charge in [0.2, 0.25) is 17.7 Å². The first-order valence-corrected chi connectivity index (χ1v) is 23.7. The van der Waals surface area contributed by atoms with Crippen LogP contribution < -0.4 is 10.7 Å². The van der Waals surface area contributed by atoms with Crippen LogP contribution in [0.3, 0.4) is 0 Å². The number of carbonyl (C=O) groups is 5. The Kier molecular flexibility index (Phi) is 14.5. The van der Waals surface area contributed by atoms with Crippen molar-refractivity contribution in [2.24, 2.45) is 17.3 Å². The summed E-state index contributed by atoms with van der Waals surface area (Å²) in [6, 6.07) is 17.4. The summed E-state index contributed by atoms with van der Waals surface area (Å²) < 4.78 is 8.52. The molecule has 2 saturated heterocycles. The summed E-state index contributed by atoms with van der Waals surface area (Å²) in [6.45, 7) is 19.9. The number of aryl methyl sites for hydroxylation is 1. The molecule has 3 aliphatic rings. The first kappa shape index (κ1) is 48.0. The van der Waals surface area contributed by atoms with Gasteiger partial charge in [-0.2, -0.15) is 0 Å². The number of phenols is 1. The lowest BCUT2D eigenvalue weighted by Gasteiger charge is -2.37. The number of ether oxygens (including phenoxy) is 1. The smallest absolute Gasteiger partial charge is 0.324 e. The quantitative estimate of drug-likeness (QED) is 0.110. The summed E-state index contributed by atoms with van der Waals surface area (Å²) >= 11 is 0. The SMILES string of the molecule is C=CC(=O)N1CC[C@H](C(=O)N(C)[C@H](C(=O)N[C@H]2Cc3cc(O)cc(c3)-c3ccc4c(c3)c(c(-c3ccccc3[C@H](C)CC)n4CC)CC(C)(C)COC(=O)[C@@H]3CCCN(N3)C2=O)C(C)C)C1. The monoisotopic (exact) mass is 901 g/mol. The summed E-state index contributed by atoms with van der Waals surface area (Å²) in [4.78, 5) is 72.4. The Labute approximate surface area is 389 Å². The van der Waals surface area contributed by atoms with Gasteiger partial charge in [0, 0.05) is 61.5 Å². The van der Waals surface area contributed by atoms with E-state index in [9.17, 15) is 29.1 Å². The number of nitrogens with one attached hydrogen (secondary N) is 2. The zero-order chi connectivity index (χ0) is 47.6. The van der Waals surface area contributed by atoms with Gasteiger partial charge in [0.1, 0.15) is 23.9 Å². The highest BCUT2D eigenvalue weighted by molar-refractivity contribution is 5.96. The molecule has 0 saturated carbocycles. The van der Waals surface area contributed by atoms with E-state index in [0.717, 1.165) is 46.3 Å². The number of aromatic nitrogens is 1. The van der Waals surface area contributed by atoms with Gasteiger partial charge >= 0.3 is 5.97 Å². The summed E-state index contributed by atoms with van der Waals surface area (Å²) in [5.74, 6) is -2.43. The van der Waals surface area contributed by atoms with E-state index in [1.54, 1.807) is 24.1 Å². The minimum absolute atomic E-state index is 0.00737. The first-order chi connectivity index (χ1) is 31.4. The molecule has 3 N–H and O–H groups in total. The largest absolute Gasteiger partial charge is 0.508 e. The predicted molar refractivity (Wildman–Crippen MR) is 257 cm³/mol. The summed E-state index contributed by atoms with van der Waals surface area (Å²) in [6.07, 6.45) is 4.28. The molecule has 5 atom stereocenters. The lowest BCUT2D eigenvalue weighted by Crippen LogP contribution is -2.62. The predicted octanol–water partition coefficient (Wildman–Crippen LogP) is 7.38. The Morgan fingerprint density at radius 1 is 1.02 bits per heavy atom. The molecule has 0 spiro atoms. The van der Waals surface area contributed by atoms with E-state index >= 15 is 0 Å². The van der Waals surface area contributed by atoms with Gasteiger partial charge in [-0.25, -0.2) is 5.43 Å². The van der Waals surface area contributed by atoms with Crippen molar-refractivity contribution in [1.82, 2.24) is 30.1 Å². The van der Waals surface area contributed by atoms with Crippen LogP contribution in [0, 0.1) is 17.3 Å². The molecule has 3 aliphatic heterocycles. The minimum Gasteiger partial charge on any atom is -0.508 e. The fraction of sp³-hybridized carbons (Fsp3) is 0.491. The van der Waals surface area contributed by atoms with E-state index in [4.69, 9.17) is 4.74 Å². The third-order valence-electron chi connectivity index (χ3n) is 13.9. The van der Waals surface area contributed by atoms with E-state index in [-0.39, 0.29) is 49.6 Å². The number of aromatic hydroxyl groups is 1. The van der Waals surface area contributed by atoms with Crippen LogP contribution in [-0.4, -0.2) is 105 Å². The van der Waals surface area contributed by atoms with Crippen LogP contribution in [0.25, 0.3) is 33.3 Å². The molecular formula is C53H68N6O7. The number of likely N-dealkylation sites (N-methyl/N-ethyl adjacent to an activating group) is 1. The Hall–Kier alpha value is -5.95. The number of amides is 4. The molecule has 66 heavy (non-hydrogen) atoms. The number of nitrogens with zero attached hydrogens (tertiary/aromatic N) is 4. The van der Waals surface area contributed by atoms with Gasteiger partial charge in [-0.15, -0.1) is 0 Å². The van der Waals surface area contributed by atoms with Crippen molar-refractivity contribution in [3.63, 3.8) is 0 Å². The van der Waals surface area contributed by atoms with E-state index in [1.165, 1.54) is 27.1 Å². The second kappa shape index (κ2) is 19.9. The number of benzene rings is 3. The Balaban J connectivity index is 1.31. The van der Waals surface area contributed by atoms with Crippen LogP contribution >= 0.6 is 0 Å². The highest BCUT2D eigenvalue weighted by Crippen LogP contribution is 2.43. The Morgan fingerprint density at radius 3 is 2.48 bits per heavy atom. The van der Waals surface area contributed by atoms with Gasteiger partial charge in [-0.1, -0.05) is 84.5 Å². The molecule has 6 bridgehead atoms. The zero-order valence-electron chi connectivity index (χ0n) is 40.0. The molecule has 1 aromatic heterocycles. The summed E-state index contributed by atoms with van der Waals surface area (Å²) in [5.41, 5.74) is 10.7. The van der Waals surface area contributed by atoms with Crippen molar-refractivity contribution >= 4 is 40.5 Å². The van der Waals surface area contributed by atoms with Crippen LogP contribution in [0.4, 0.5) is 0 Å². The van der Waals surface area contributed by atoms with Crippen molar-refractivity contribution in [2.45, 2.75) is 118 Å². The second-order valence-corrected chi connectivity index (χ2v) is 19.7. The number of likely N-dealkylation sites (tertiary alicyclic amines) is 1. The molecule has 13 nitrogen and oxygen atoms in total. The fourth-order valence-corrected chi connectivity index (χ4v) is 10.3. The van der Waals surface area contributed by atoms with Crippen LogP contribution in [0.2, 0.25) is 0 Å². The van der Waals surface area contributed by atoms with Gasteiger partial charge in [0.05, 0.1) is 18.2 Å². The number of phenolic OH excluding ortho intramolecular Hbond substituents is 1. The number of hydrogen-bond acceptors (Lipinski definition) is 8. The maximum Gasteiger partial charge on any atom is 0.324 e. The number of esters is 1. The molecule has 7 rings (SSSR count). The third kappa shape index (κ3) is 9.91. The molecule has 0 aliphatic carbocycles. The lowest BCUT2D eigenvalue weighted by atomic mass is 9.83. The number of fused-ring (bicyclic) bond motifs is 6. The van der Waals surface area contributed by atoms with Crippen molar-refractivity contribution in [3.8, 4) is 28.1 Å². The van der Waals surface area contributed by atoms with Crippen LogP contribution in [-0.2, 0) is 48.1 Å². The third-order valence-corrected chi connectivity index (χ3v) is 13.9. The number of hydrazine groups is 1. The Bertz CT molecular complexity index is 2510. The number of rotatable bonds is 10. The number of hydrogen-bond donors (Lipinski definition) is 3. The highest BCUT2D eigenvalue weighted by atomic mass is 16.5. The van der Waals surface area contributed by atoms with Crippen molar-refractivity contribution in [2.75, 3.05) is 33.3 Å². The standard InChI is InChI=1S/C53H68N6O7/c1-10-33(6)39-16-13-14-17-40(39)48-42-29-53(7,8)31-66-52(65)43-18-15-22-59(55-43)51(64)44(26-34-24-37(27-38(60)25-34)35-19-20-45(41(42)28-35)58(48)12-3)54-49(62)47(32(4)5)56(9)50(63)36-21-23-57(30-36)46(61)11-2/h11,13-14,16-17,19-20,24-25,27-28,32-33,36,43-44,47,55,60H,2,10,12,15,18,21-23,26,29-31H2,1,3-9H3,(H,54,62)/t33-,36+,43+,44+,47+/m1/s1. The zero-order valence-corrected chi connectivity index (χ0v) is 40.0. The summed E-state index contributed by atoms with van der Waals surface area (Å²) in [5, 5.41) is 16.8. The van der Waals surface area contributed by atoms with Crippen LogP contribution in [0.15, 0.2) is 73.3 Å². The normalized spacial score (nSPS) is 21.0. The van der Waals surface area contributed by atoms with E-state index in [1.807, 2.05) is 19.9 Å². The average Bonchev–Trinajstić information content (AvgIpc) is 3.92. The highest BCUT2D eigenvalue weighted by Gasteiger charge is 2.40. The van der Waals surface area contributed by atoms with Crippen molar-refractivity contribution in [1.29, 1.82) is 0 Å². The summed E-state index contributed by atoms with van der Waals surface area (Å²) in [7, 11) is 1.59. The molecule has 352 valence electrons. The first-order valence-electron chi connectivity index (χ1n) is 23.7. The van der Waals surface area contributed by atoms with Gasteiger partial charge in [-0.05, 0) is 109 Å². The number of cyclic esters (lactones) is 1. The van der Waals surface area contributed by atoms with E-state index < -0.39 is 47.2 Å². The fourth-order valence-electron chi connectivity index (χ4n) is 10.3. The van der Waals surface area contributed by atoms with E-state index in [0.29, 0.717) is 43.7 Å². The molecule has 0 unspecified atom stereocenters. The Morgan fingerprint density at radius 2 is 1.77 bits per heavy atom. The van der Waals surface area contributed by atoms with Gasteiger partial charge in [0.25, 0.3) is 5.91 Å². The number of carbonyl (C=O) groups excluding carboxylic acids is 5. The molecule has 4 heterocycles. The second-order valence-electron chi connectivity index (χ2n) is 19.7. The average molecular weight is 901 g/mol.